The molecule has 0 radical (unpaired) electrons. The average molecular weight is 258 g/mol. The first-order chi connectivity index (χ1) is 8.65. The molecule has 1 aromatic carbocycles. The quantitative estimate of drug-likeness (QED) is 0.761. The fraction of sp³-hybridized carbons (Fsp3) is 0.0833. The van der Waals surface area contributed by atoms with Gasteiger partial charge in [0.1, 0.15) is 10.7 Å². The van der Waals surface area contributed by atoms with Crippen LogP contribution in [0.2, 0.25) is 0 Å². The lowest BCUT2D eigenvalue weighted by molar-refractivity contribution is 0.0996. The van der Waals surface area contributed by atoms with Gasteiger partial charge in [0.2, 0.25) is 0 Å². The molecule has 0 aliphatic heterocycles. The second kappa shape index (κ2) is 3.92. The molecule has 2 heterocycles. The summed E-state index contributed by atoms with van der Waals surface area (Å²) in [5.74, 6) is -0.503. The fourth-order valence-electron chi connectivity index (χ4n) is 1.79. The van der Waals surface area contributed by atoms with Crippen molar-refractivity contribution in [1.82, 2.24) is 14.5 Å². The van der Waals surface area contributed by atoms with Crippen LogP contribution < -0.4 is 5.73 Å². The Morgan fingerprint density at radius 2 is 2.28 bits per heavy atom. The summed E-state index contributed by atoms with van der Waals surface area (Å²) in [5.41, 5.74) is 8.40. The highest BCUT2D eigenvalue weighted by molar-refractivity contribution is 7.13. The monoisotopic (exact) mass is 258 g/mol. The third-order valence-corrected chi connectivity index (χ3v) is 3.62. The topological polar surface area (TPSA) is 73.8 Å². The number of carbonyl (C=O) groups excluding carboxylic acids is 1. The number of hydrogen-bond donors (Lipinski definition) is 1. The highest BCUT2D eigenvalue weighted by Crippen LogP contribution is 2.26. The highest BCUT2D eigenvalue weighted by atomic mass is 32.1. The second-order valence-electron chi connectivity index (χ2n) is 3.96. The van der Waals surface area contributed by atoms with Gasteiger partial charge in [-0.2, -0.15) is 0 Å². The maximum atomic E-state index is 11.0. The lowest BCUT2D eigenvalue weighted by atomic mass is 10.2. The summed E-state index contributed by atoms with van der Waals surface area (Å²) in [4.78, 5) is 19.5. The molecule has 0 aliphatic rings. The van der Waals surface area contributed by atoms with Crippen LogP contribution in [0.5, 0.6) is 0 Å². The zero-order chi connectivity index (χ0) is 12.7. The molecule has 5 nitrogen and oxygen atoms in total. The van der Waals surface area contributed by atoms with Gasteiger partial charge in [-0.15, -0.1) is 11.3 Å². The minimum absolute atomic E-state index is 0.302. The van der Waals surface area contributed by atoms with Crippen LogP contribution >= 0.6 is 11.3 Å². The van der Waals surface area contributed by atoms with Gasteiger partial charge in [0.05, 0.1) is 17.4 Å². The van der Waals surface area contributed by atoms with Crippen molar-refractivity contribution in [2.24, 2.45) is 12.8 Å². The Hall–Kier alpha value is -2.21. The molecule has 0 unspecified atom stereocenters. The summed E-state index contributed by atoms with van der Waals surface area (Å²) in [6.45, 7) is 0. The predicted molar refractivity (Wildman–Crippen MR) is 70.3 cm³/mol. The highest BCUT2D eigenvalue weighted by Gasteiger charge is 2.09. The smallest absolute Gasteiger partial charge is 0.268 e. The van der Waals surface area contributed by atoms with Gasteiger partial charge in [-0.3, -0.25) is 4.79 Å². The van der Waals surface area contributed by atoms with Gasteiger partial charge in [0, 0.05) is 18.0 Å². The van der Waals surface area contributed by atoms with E-state index in [2.05, 4.69) is 9.97 Å². The van der Waals surface area contributed by atoms with Gasteiger partial charge < -0.3 is 10.3 Å². The Balaban J connectivity index is 2.10. The predicted octanol–water partition coefficient (Wildman–Crippen LogP) is 1.80. The number of fused-ring (bicyclic) bond motifs is 1. The van der Waals surface area contributed by atoms with E-state index in [4.69, 9.17) is 5.73 Å². The number of nitrogens with zero attached hydrogens (tertiary/aromatic N) is 3. The van der Waals surface area contributed by atoms with Gasteiger partial charge in [0.25, 0.3) is 5.91 Å². The van der Waals surface area contributed by atoms with Crippen LogP contribution in [0, 0.1) is 0 Å². The van der Waals surface area contributed by atoms with Crippen molar-refractivity contribution >= 4 is 28.3 Å². The third kappa shape index (κ3) is 1.67. The van der Waals surface area contributed by atoms with Crippen LogP contribution in [-0.4, -0.2) is 20.4 Å². The van der Waals surface area contributed by atoms with Crippen molar-refractivity contribution in [2.45, 2.75) is 0 Å². The molecule has 0 atom stereocenters. The Bertz CT molecular complexity index is 743. The van der Waals surface area contributed by atoms with E-state index in [9.17, 15) is 4.79 Å². The molecule has 3 rings (SSSR count). The number of amides is 1. The summed E-state index contributed by atoms with van der Waals surface area (Å²) in [6.07, 6.45) is 1.77. The fourth-order valence-corrected chi connectivity index (χ4v) is 2.59. The SMILES string of the molecule is Cn1cnc2cc(-c3nc(C(N)=O)cs3)ccc21. The number of carbonyl (C=O) groups is 1. The maximum Gasteiger partial charge on any atom is 0.268 e. The van der Waals surface area contributed by atoms with Crippen molar-refractivity contribution in [2.75, 3.05) is 0 Å². The molecule has 18 heavy (non-hydrogen) atoms. The number of nitrogens with two attached hydrogens (primary N) is 1. The normalized spacial score (nSPS) is 10.9. The first-order valence-corrected chi connectivity index (χ1v) is 6.20. The number of rotatable bonds is 2. The van der Waals surface area contributed by atoms with E-state index in [-0.39, 0.29) is 0 Å². The molecule has 90 valence electrons. The Kier molecular flexibility index (Phi) is 2.38. The van der Waals surface area contributed by atoms with Crippen LogP contribution in [0.1, 0.15) is 10.5 Å². The first-order valence-electron chi connectivity index (χ1n) is 5.32. The summed E-state index contributed by atoms with van der Waals surface area (Å²) < 4.78 is 1.95. The van der Waals surface area contributed by atoms with Crippen LogP contribution in [0.4, 0.5) is 0 Å². The molecule has 0 fully saturated rings. The van der Waals surface area contributed by atoms with Crippen molar-refractivity contribution in [3.63, 3.8) is 0 Å². The minimum atomic E-state index is -0.503. The molecule has 0 saturated carbocycles. The molecule has 0 aliphatic carbocycles. The lowest BCUT2D eigenvalue weighted by Crippen LogP contribution is -2.10. The van der Waals surface area contributed by atoms with E-state index < -0.39 is 5.91 Å². The molecule has 0 spiro atoms. The van der Waals surface area contributed by atoms with E-state index in [0.29, 0.717) is 5.69 Å². The zero-order valence-corrected chi connectivity index (χ0v) is 10.4. The molecule has 6 heteroatoms. The van der Waals surface area contributed by atoms with Gasteiger partial charge in [0.15, 0.2) is 0 Å². The van der Waals surface area contributed by atoms with E-state index in [1.807, 2.05) is 29.8 Å². The van der Waals surface area contributed by atoms with Crippen molar-refractivity contribution in [3.05, 3.63) is 35.6 Å². The molecular weight excluding hydrogens is 248 g/mol. The molecular formula is C12H10N4OS. The third-order valence-electron chi connectivity index (χ3n) is 2.73. The first kappa shape index (κ1) is 10.9. The van der Waals surface area contributed by atoms with E-state index in [1.165, 1.54) is 11.3 Å². The van der Waals surface area contributed by atoms with Crippen LogP contribution in [0.3, 0.4) is 0 Å². The van der Waals surface area contributed by atoms with Gasteiger partial charge in [-0.05, 0) is 18.2 Å². The molecule has 3 aromatic rings. The molecule has 2 aromatic heterocycles. The molecule has 0 saturated heterocycles. The van der Waals surface area contributed by atoms with Crippen molar-refractivity contribution in [3.8, 4) is 10.6 Å². The maximum absolute atomic E-state index is 11.0. The summed E-state index contributed by atoms with van der Waals surface area (Å²) >= 11 is 1.40. The van der Waals surface area contributed by atoms with Gasteiger partial charge in [-0.1, -0.05) is 0 Å². The largest absolute Gasteiger partial charge is 0.364 e. The molecule has 0 bridgehead atoms. The average Bonchev–Trinajstić information content (AvgIpc) is 2.96. The van der Waals surface area contributed by atoms with Crippen LogP contribution in [0.15, 0.2) is 29.9 Å². The Morgan fingerprint density at radius 1 is 1.44 bits per heavy atom. The van der Waals surface area contributed by atoms with Gasteiger partial charge >= 0.3 is 0 Å². The summed E-state index contributed by atoms with van der Waals surface area (Å²) in [6, 6.07) is 5.91. The molecule has 2 N–H and O–H groups in total. The zero-order valence-electron chi connectivity index (χ0n) is 9.62. The van der Waals surface area contributed by atoms with Crippen molar-refractivity contribution in [1.29, 1.82) is 0 Å². The summed E-state index contributed by atoms with van der Waals surface area (Å²) in [7, 11) is 1.95. The Morgan fingerprint density at radius 3 is 3.00 bits per heavy atom. The van der Waals surface area contributed by atoms with E-state index in [0.717, 1.165) is 21.6 Å². The lowest BCUT2D eigenvalue weighted by Gasteiger charge is -1.97. The number of primary amides is 1. The number of benzene rings is 1. The number of hydrogen-bond acceptors (Lipinski definition) is 4. The standard InChI is InChI=1S/C12H10N4OS/c1-16-6-14-8-4-7(2-3-10(8)16)12-15-9(5-18-12)11(13)17/h2-6H,1H3,(H2,13,17). The number of imidazole rings is 1. The van der Waals surface area contributed by atoms with Crippen LogP contribution in [0.25, 0.3) is 21.6 Å². The second-order valence-corrected chi connectivity index (χ2v) is 4.82. The van der Waals surface area contributed by atoms with Gasteiger partial charge in [-0.25, -0.2) is 9.97 Å². The van der Waals surface area contributed by atoms with E-state index >= 15 is 0 Å². The van der Waals surface area contributed by atoms with Crippen LogP contribution in [-0.2, 0) is 7.05 Å². The minimum Gasteiger partial charge on any atom is -0.364 e. The Labute approximate surface area is 107 Å². The van der Waals surface area contributed by atoms with E-state index in [1.54, 1.807) is 11.7 Å². The number of thiazole rings is 1. The van der Waals surface area contributed by atoms with Crippen molar-refractivity contribution < 1.29 is 4.79 Å². The number of aromatic nitrogens is 3. The molecule has 1 amide bonds. The number of aryl methyl sites for hydroxylation is 1. The summed E-state index contributed by atoms with van der Waals surface area (Å²) in [5, 5.41) is 2.44.